The summed E-state index contributed by atoms with van der Waals surface area (Å²) in [6, 6.07) is 13.5. The molecule has 0 bridgehead atoms. The van der Waals surface area contributed by atoms with Crippen molar-refractivity contribution in [2.75, 3.05) is 0 Å². The number of nitrogens with zero attached hydrogens (tertiary/aromatic N) is 9. The number of hydrogen-bond acceptors (Lipinski definition) is 7. The van der Waals surface area contributed by atoms with Crippen LogP contribution in [0.15, 0.2) is 96.7 Å². The van der Waals surface area contributed by atoms with Gasteiger partial charge in [-0.15, -0.1) is 5.10 Å². The second kappa shape index (κ2) is 11.4. The number of rotatable bonds is 8. The maximum atomic E-state index is 15.3. The van der Waals surface area contributed by atoms with Crippen LogP contribution < -0.4 is 5.56 Å². The Morgan fingerprint density at radius 3 is 2.55 bits per heavy atom. The Morgan fingerprint density at radius 1 is 0.929 bits per heavy atom. The monoisotopic (exact) mass is 589 g/mol. The van der Waals surface area contributed by atoms with Gasteiger partial charge in [0.25, 0.3) is 12.0 Å². The summed E-state index contributed by atoms with van der Waals surface area (Å²) in [4.78, 5) is 20.9. The molecule has 0 aliphatic rings. The maximum absolute atomic E-state index is 15.3. The van der Waals surface area contributed by atoms with E-state index in [4.69, 9.17) is 11.6 Å². The van der Waals surface area contributed by atoms with E-state index in [-0.39, 0.29) is 28.4 Å². The van der Waals surface area contributed by atoms with Crippen LogP contribution in [-0.2, 0) is 6.54 Å². The van der Waals surface area contributed by atoms with Crippen molar-refractivity contribution < 1.29 is 13.2 Å². The molecule has 42 heavy (non-hydrogen) atoms. The zero-order valence-corrected chi connectivity index (χ0v) is 22.2. The molecule has 0 unspecified atom stereocenters. The lowest BCUT2D eigenvalue weighted by Crippen LogP contribution is -2.26. The highest BCUT2D eigenvalue weighted by molar-refractivity contribution is 6.31. The first-order valence-corrected chi connectivity index (χ1v) is 12.9. The van der Waals surface area contributed by atoms with Crippen molar-refractivity contribution in [1.82, 2.24) is 44.5 Å². The van der Waals surface area contributed by atoms with Crippen molar-refractivity contribution in [3.05, 3.63) is 124 Å². The van der Waals surface area contributed by atoms with E-state index in [1.165, 1.54) is 46.2 Å². The fourth-order valence-electron chi connectivity index (χ4n) is 4.54. The van der Waals surface area contributed by atoms with E-state index in [0.29, 0.717) is 28.1 Å². The topological polar surface area (TPSA) is 109 Å². The highest BCUT2D eigenvalue weighted by Gasteiger charge is 2.22. The highest BCUT2D eigenvalue weighted by Crippen LogP contribution is 2.34. The van der Waals surface area contributed by atoms with Gasteiger partial charge >= 0.3 is 0 Å². The summed E-state index contributed by atoms with van der Waals surface area (Å²) in [7, 11) is 0. The van der Waals surface area contributed by atoms with Crippen LogP contribution >= 0.6 is 11.6 Å². The Hall–Kier alpha value is -5.17. The normalized spacial score (nSPS) is 12.1. The number of benzene rings is 1. The summed E-state index contributed by atoms with van der Waals surface area (Å²) in [6.45, 7) is 0.160. The van der Waals surface area contributed by atoms with E-state index in [1.807, 2.05) is 0 Å². The molecule has 10 nitrogen and oxygen atoms in total. The van der Waals surface area contributed by atoms with Crippen molar-refractivity contribution in [2.45, 2.75) is 19.0 Å². The number of halogens is 4. The second-order valence-corrected chi connectivity index (χ2v) is 9.57. The minimum Gasteiger partial charge on any atom is -0.313 e. The molecule has 0 aliphatic carbocycles. The predicted octanol–water partition coefficient (Wildman–Crippen LogP) is 5.16. The molecule has 6 aromatic rings. The molecule has 0 amide bonds. The second-order valence-electron chi connectivity index (χ2n) is 9.17. The molecule has 1 aromatic carbocycles. The smallest absolute Gasteiger partial charge is 0.280 e. The molecule has 0 saturated carbocycles. The van der Waals surface area contributed by atoms with Crippen molar-refractivity contribution >= 4 is 11.6 Å². The first-order chi connectivity index (χ1) is 20.4. The van der Waals surface area contributed by atoms with E-state index in [1.54, 1.807) is 59.7 Å². The molecule has 1 atom stereocenters. The SMILES string of the molecule is O=c1ccccn1C[C@@H](c1ccc(-c2c(-n3cnnn3)ccc(Cl)c2F)cn1)n1cc(-c2ccnc(C(F)F)c2)cn1. The molecule has 0 spiro atoms. The quantitative estimate of drug-likeness (QED) is 0.241. The molecule has 0 aliphatic heterocycles. The van der Waals surface area contributed by atoms with Gasteiger partial charge in [0.05, 0.1) is 29.1 Å². The molecular weight excluding hydrogens is 571 g/mol. The van der Waals surface area contributed by atoms with Crippen molar-refractivity contribution in [1.29, 1.82) is 0 Å². The minimum atomic E-state index is -2.72. The van der Waals surface area contributed by atoms with E-state index < -0.39 is 18.3 Å². The molecule has 0 saturated heterocycles. The van der Waals surface area contributed by atoms with E-state index in [0.717, 1.165) is 0 Å². The lowest BCUT2D eigenvalue weighted by atomic mass is 10.0. The van der Waals surface area contributed by atoms with Gasteiger partial charge in [0.1, 0.15) is 18.1 Å². The number of aromatic nitrogens is 9. The average molecular weight is 590 g/mol. The third-order valence-corrected chi connectivity index (χ3v) is 6.90. The largest absolute Gasteiger partial charge is 0.313 e. The van der Waals surface area contributed by atoms with E-state index in [2.05, 4.69) is 30.6 Å². The van der Waals surface area contributed by atoms with Gasteiger partial charge in [-0.2, -0.15) is 9.78 Å². The Balaban J connectivity index is 1.41. The van der Waals surface area contributed by atoms with Crippen molar-refractivity contribution in [3.63, 3.8) is 0 Å². The molecular formula is C28H19ClF3N9O. The van der Waals surface area contributed by atoms with Gasteiger partial charge in [-0.3, -0.25) is 19.4 Å². The summed E-state index contributed by atoms with van der Waals surface area (Å²) in [5, 5.41) is 15.5. The fourth-order valence-corrected chi connectivity index (χ4v) is 4.70. The standard InChI is InChI=1S/C28H19ClF3N9O/c29-20-5-7-23(41-16-35-37-38-41)26(27(20)30)18-4-6-21(34-12-18)24(15-39-10-2-1-3-25(39)42)40-14-19(13-36-40)17-8-9-33-22(11-17)28(31)32/h1-14,16,24,28H,15H2/t24-/m0/s1. The van der Waals surface area contributed by atoms with Gasteiger partial charge < -0.3 is 4.57 Å². The number of tetrazole rings is 1. The number of hydrogen-bond donors (Lipinski definition) is 0. The molecule has 210 valence electrons. The van der Waals surface area contributed by atoms with Gasteiger partial charge in [0.2, 0.25) is 0 Å². The summed E-state index contributed by atoms with van der Waals surface area (Å²) in [6.07, 6.45) is 6.29. The zero-order chi connectivity index (χ0) is 29.2. The first-order valence-electron chi connectivity index (χ1n) is 12.5. The van der Waals surface area contributed by atoms with Crippen LogP contribution in [0.3, 0.4) is 0 Å². The average Bonchev–Trinajstić information content (AvgIpc) is 3.72. The van der Waals surface area contributed by atoms with Gasteiger partial charge in [-0.1, -0.05) is 23.7 Å². The Kier molecular flexibility index (Phi) is 7.32. The third kappa shape index (κ3) is 5.29. The lowest BCUT2D eigenvalue weighted by Gasteiger charge is -2.19. The summed E-state index contributed by atoms with van der Waals surface area (Å²) < 4.78 is 46.2. The van der Waals surface area contributed by atoms with Crippen LogP contribution in [0.25, 0.3) is 27.9 Å². The van der Waals surface area contributed by atoms with Crippen LogP contribution in [0.4, 0.5) is 13.2 Å². The van der Waals surface area contributed by atoms with E-state index in [9.17, 15) is 13.6 Å². The molecule has 6 rings (SSSR count). The lowest BCUT2D eigenvalue weighted by molar-refractivity contribution is 0.146. The Labute approximate surface area is 240 Å². The van der Waals surface area contributed by atoms with Gasteiger partial charge in [0, 0.05) is 47.5 Å². The first kappa shape index (κ1) is 27.0. The van der Waals surface area contributed by atoms with Crippen LogP contribution in [0, 0.1) is 5.82 Å². The van der Waals surface area contributed by atoms with Crippen molar-refractivity contribution in [3.8, 4) is 27.9 Å². The van der Waals surface area contributed by atoms with Crippen molar-refractivity contribution in [2.24, 2.45) is 0 Å². The van der Waals surface area contributed by atoms with E-state index >= 15 is 4.39 Å². The third-order valence-electron chi connectivity index (χ3n) is 6.61. The van der Waals surface area contributed by atoms with Crippen LogP contribution in [0.5, 0.6) is 0 Å². The fraction of sp³-hybridized carbons (Fsp3) is 0.107. The minimum absolute atomic E-state index is 0.0811. The Morgan fingerprint density at radius 2 is 1.81 bits per heavy atom. The van der Waals surface area contributed by atoms with Crippen LogP contribution in [0.1, 0.15) is 23.9 Å². The van der Waals surface area contributed by atoms with Crippen LogP contribution in [-0.4, -0.2) is 44.5 Å². The summed E-state index contributed by atoms with van der Waals surface area (Å²) in [5.74, 6) is -0.663. The molecule has 5 heterocycles. The molecule has 5 aromatic heterocycles. The maximum Gasteiger partial charge on any atom is 0.280 e. The number of pyridine rings is 3. The summed E-state index contributed by atoms with van der Waals surface area (Å²) in [5.41, 5.74) is 1.95. The highest BCUT2D eigenvalue weighted by atomic mass is 35.5. The van der Waals surface area contributed by atoms with Gasteiger partial charge in [-0.05, 0) is 52.4 Å². The molecule has 0 radical (unpaired) electrons. The number of alkyl halides is 2. The predicted molar refractivity (Wildman–Crippen MR) is 147 cm³/mol. The molecule has 14 heteroatoms. The molecule has 0 N–H and O–H groups in total. The van der Waals surface area contributed by atoms with Crippen LogP contribution in [0.2, 0.25) is 5.02 Å². The van der Waals surface area contributed by atoms with Gasteiger partial charge in [-0.25, -0.2) is 13.2 Å². The molecule has 0 fully saturated rings. The summed E-state index contributed by atoms with van der Waals surface area (Å²) >= 11 is 6.10. The zero-order valence-electron chi connectivity index (χ0n) is 21.5. The van der Waals surface area contributed by atoms with Gasteiger partial charge in [0.15, 0.2) is 5.82 Å². The Bertz CT molecular complexity index is 1910.